The number of piperazine rings is 1. The van der Waals surface area contributed by atoms with Gasteiger partial charge in [0.15, 0.2) is 0 Å². The molecule has 3 heterocycles. The molecule has 0 bridgehead atoms. The maximum atomic E-state index is 12.4. The lowest BCUT2D eigenvalue weighted by atomic mass is 10.1. The molecule has 2 aromatic carbocycles. The standard InChI is InChI=1S/C27H29N5O2S.2ClH/c1-18-9-10-22-23(28-18)7-4-8-25(22)32-13-11-31(12-14-32)16-26(33)20-5-3-6-21(15-20)30-27(34)24-17-35-19(2)29-24;;/h3-10,15,17,26,33H,11-14,16H2,1-2H3,(H,30,34);2*1H. The molecule has 1 fully saturated rings. The second-order valence-corrected chi connectivity index (χ2v) is 9.99. The number of anilines is 2. The van der Waals surface area contributed by atoms with Crippen molar-refractivity contribution in [2.75, 3.05) is 42.9 Å². The molecule has 0 radical (unpaired) electrons. The third-order valence-corrected chi connectivity index (χ3v) is 7.15. The second kappa shape index (κ2) is 12.7. The van der Waals surface area contributed by atoms with E-state index >= 15 is 0 Å². The number of amides is 1. The Morgan fingerprint density at radius 3 is 2.51 bits per heavy atom. The Hall–Kier alpha value is -2.75. The van der Waals surface area contributed by atoms with E-state index in [1.165, 1.54) is 22.4 Å². The van der Waals surface area contributed by atoms with Crippen LogP contribution in [0, 0.1) is 13.8 Å². The van der Waals surface area contributed by atoms with Crippen LogP contribution in [0.1, 0.15) is 32.9 Å². The number of carbonyl (C=O) groups excluding carboxylic acids is 1. The van der Waals surface area contributed by atoms with E-state index in [1.54, 1.807) is 5.38 Å². The minimum Gasteiger partial charge on any atom is -0.387 e. The third-order valence-electron chi connectivity index (χ3n) is 6.37. The highest BCUT2D eigenvalue weighted by atomic mass is 35.5. The van der Waals surface area contributed by atoms with Gasteiger partial charge in [-0.05, 0) is 55.8 Å². The molecule has 5 rings (SSSR count). The van der Waals surface area contributed by atoms with Crippen LogP contribution in [0.15, 0.2) is 60.0 Å². The van der Waals surface area contributed by atoms with E-state index in [1.807, 2.05) is 38.1 Å². The molecule has 7 nitrogen and oxygen atoms in total. The third kappa shape index (κ3) is 6.77. The number of aliphatic hydroxyl groups is 1. The highest BCUT2D eigenvalue weighted by Gasteiger charge is 2.22. The molecular formula is C27H31Cl2N5O2S. The van der Waals surface area contributed by atoms with Crippen LogP contribution in [-0.4, -0.2) is 58.6 Å². The summed E-state index contributed by atoms with van der Waals surface area (Å²) < 4.78 is 0. The van der Waals surface area contributed by atoms with Gasteiger partial charge in [-0.1, -0.05) is 18.2 Å². The first-order valence-corrected chi connectivity index (χ1v) is 12.7. The molecule has 1 aliphatic rings. The Morgan fingerprint density at radius 2 is 1.78 bits per heavy atom. The van der Waals surface area contributed by atoms with Crippen molar-refractivity contribution < 1.29 is 9.90 Å². The summed E-state index contributed by atoms with van der Waals surface area (Å²) in [5.41, 5.74) is 5.12. The number of halogens is 2. The van der Waals surface area contributed by atoms with Gasteiger partial charge >= 0.3 is 0 Å². The number of aryl methyl sites for hydroxylation is 2. The molecule has 2 aromatic heterocycles. The van der Waals surface area contributed by atoms with Crippen LogP contribution in [0.2, 0.25) is 0 Å². The predicted molar refractivity (Wildman–Crippen MR) is 156 cm³/mol. The quantitative estimate of drug-likeness (QED) is 0.335. The van der Waals surface area contributed by atoms with E-state index in [9.17, 15) is 9.90 Å². The van der Waals surface area contributed by atoms with Gasteiger partial charge in [0.2, 0.25) is 0 Å². The second-order valence-electron chi connectivity index (χ2n) is 8.93. The van der Waals surface area contributed by atoms with Gasteiger partial charge in [-0.2, -0.15) is 0 Å². The number of β-amino-alcohol motifs (C(OH)–C–C–N with tert-alkyl or cyclic N) is 1. The lowest BCUT2D eigenvalue weighted by Crippen LogP contribution is -2.47. The van der Waals surface area contributed by atoms with Crippen molar-refractivity contribution in [2.24, 2.45) is 0 Å². The zero-order valence-electron chi connectivity index (χ0n) is 20.8. The van der Waals surface area contributed by atoms with Crippen molar-refractivity contribution in [3.05, 3.63) is 81.9 Å². The number of aliphatic hydroxyl groups excluding tert-OH is 1. The number of nitrogens with one attached hydrogen (secondary N) is 1. The normalized spacial score (nSPS) is 14.5. The number of fused-ring (bicyclic) bond motifs is 1. The first-order chi connectivity index (χ1) is 17.0. The monoisotopic (exact) mass is 559 g/mol. The summed E-state index contributed by atoms with van der Waals surface area (Å²) in [6.45, 7) is 7.96. The molecule has 0 spiro atoms. The number of hydrogen-bond acceptors (Lipinski definition) is 7. The van der Waals surface area contributed by atoms with E-state index in [2.05, 4.69) is 55.4 Å². The van der Waals surface area contributed by atoms with Crippen molar-refractivity contribution in [2.45, 2.75) is 20.0 Å². The van der Waals surface area contributed by atoms with Crippen molar-refractivity contribution in [3.8, 4) is 0 Å². The van der Waals surface area contributed by atoms with Gasteiger partial charge in [-0.25, -0.2) is 4.98 Å². The summed E-state index contributed by atoms with van der Waals surface area (Å²) in [4.78, 5) is 26.0. The first kappa shape index (κ1) is 28.8. The predicted octanol–water partition coefficient (Wildman–Crippen LogP) is 5.26. The fourth-order valence-electron chi connectivity index (χ4n) is 4.52. The van der Waals surface area contributed by atoms with Crippen LogP contribution in [0.25, 0.3) is 10.9 Å². The SMILES string of the molecule is Cc1ccc2c(N3CCN(CC(O)c4cccc(NC(=O)c5csc(C)n5)c4)CC3)cccc2n1.Cl.Cl. The number of nitrogens with zero attached hydrogens (tertiary/aromatic N) is 4. The minimum absolute atomic E-state index is 0. The van der Waals surface area contributed by atoms with E-state index < -0.39 is 6.10 Å². The van der Waals surface area contributed by atoms with Crippen LogP contribution in [0.4, 0.5) is 11.4 Å². The van der Waals surface area contributed by atoms with Crippen LogP contribution >= 0.6 is 36.2 Å². The molecule has 37 heavy (non-hydrogen) atoms. The summed E-state index contributed by atoms with van der Waals surface area (Å²) in [6, 6.07) is 17.9. The molecule has 1 aliphatic heterocycles. The molecular weight excluding hydrogens is 529 g/mol. The number of carbonyl (C=O) groups is 1. The Labute approximate surface area is 233 Å². The maximum absolute atomic E-state index is 12.4. The lowest BCUT2D eigenvalue weighted by molar-refractivity contribution is 0.102. The smallest absolute Gasteiger partial charge is 0.275 e. The summed E-state index contributed by atoms with van der Waals surface area (Å²) in [6.07, 6.45) is -0.635. The van der Waals surface area contributed by atoms with Gasteiger partial charge in [0, 0.05) is 60.6 Å². The summed E-state index contributed by atoms with van der Waals surface area (Å²) in [5, 5.41) is 17.6. The van der Waals surface area contributed by atoms with Crippen LogP contribution in [-0.2, 0) is 0 Å². The van der Waals surface area contributed by atoms with Gasteiger partial charge in [-0.15, -0.1) is 36.2 Å². The number of benzene rings is 2. The molecule has 4 aromatic rings. The molecule has 1 atom stereocenters. The fraction of sp³-hybridized carbons (Fsp3) is 0.296. The minimum atomic E-state index is -0.635. The van der Waals surface area contributed by atoms with Crippen molar-refractivity contribution in [3.63, 3.8) is 0 Å². The van der Waals surface area contributed by atoms with Crippen molar-refractivity contribution in [1.82, 2.24) is 14.9 Å². The van der Waals surface area contributed by atoms with Crippen molar-refractivity contribution in [1.29, 1.82) is 0 Å². The zero-order chi connectivity index (χ0) is 24.4. The van der Waals surface area contributed by atoms with Crippen LogP contribution in [0.3, 0.4) is 0 Å². The Kier molecular flexibility index (Phi) is 9.87. The number of thiazole rings is 1. The molecule has 1 saturated heterocycles. The summed E-state index contributed by atoms with van der Waals surface area (Å²) in [5.74, 6) is -0.240. The molecule has 1 unspecified atom stereocenters. The summed E-state index contributed by atoms with van der Waals surface area (Å²) >= 11 is 1.45. The molecule has 2 N–H and O–H groups in total. The highest BCUT2D eigenvalue weighted by molar-refractivity contribution is 7.09. The number of rotatable bonds is 6. The molecule has 1 amide bonds. The number of pyridine rings is 1. The molecule has 10 heteroatoms. The number of aromatic nitrogens is 2. The molecule has 0 aliphatic carbocycles. The Morgan fingerprint density at radius 1 is 1.03 bits per heavy atom. The first-order valence-electron chi connectivity index (χ1n) is 11.8. The van der Waals surface area contributed by atoms with Gasteiger partial charge in [0.1, 0.15) is 5.69 Å². The van der Waals surface area contributed by atoms with Gasteiger partial charge in [0.05, 0.1) is 16.6 Å². The highest BCUT2D eigenvalue weighted by Crippen LogP contribution is 2.27. The lowest BCUT2D eigenvalue weighted by Gasteiger charge is -2.37. The Bertz CT molecular complexity index is 1360. The van der Waals surface area contributed by atoms with E-state index in [-0.39, 0.29) is 30.7 Å². The van der Waals surface area contributed by atoms with Crippen molar-refractivity contribution >= 4 is 64.3 Å². The number of hydrogen-bond donors (Lipinski definition) is 2. The van der Waals surface area contributed by atoms with E-state index in [0.29, 0.717) is 17.9 Å². The topological polar surface area (TPSA) is 81.6 Å². The van der Waals surface area contributed by atoms with Crippen LogP contribution < -0.4 is 10.2 Å². The Balaban J connectivity index is 0.00000190. The van der Waals surface area contributed by atoms with Gasteiger partial charge < -0.3 is 15.3 Å². The fourth-order valence-corrected chi connectivity index (χ4v) is 5.12. The maximum Gasteiger partial charge on any atom is 0.275 e. The summed E-state index contributed by atoms with van der Waals surface area (Å²) in [7, 11) is 0. The zero-order valence-corrected chi connectivity index (χ0v) is 23.2. The molecule has 196 valence electrons. The largest absolute Gasteiger partial charge is 0.387 e. The molecule has 0 saturated carbocycles. The van der Waals surface area contributed by atoms with E-state index in [0.717, 1.165) is 48.0 Å². The van der Waals surface area contributed by atoms with Gasteiger partial charge in [0.25, 0.3) is 5.91 Å². The van der Waals surface area contributed by atoms with Gasteiger partial charge in [-0.3, -0.25) is 14.7 Å². The average molecular weight is 561 g/mol. The average Bonchev–Trinajstić information content (AvgIpc) is 3.30. The van der Waals surface area contributed by atoms with E-state index in [4.69, 9.17) is 0 Å². The van der Waals surface area contributed by atoms with Crippen LogP contribution in [0.5, 0.6) is 0 Å².